The normalized spacial score (nSPS) is 12.6. The van der Waals surface area contributed by atoms with Crippen LogP contribution < -0.4 is 11.1 Å². The van der Waals surface area contributed by atoms with E-state index in [1.807, 2.05) is 32.0 Å². The summed E-state index contributed by atoms with van der Waals surface area (Å²) in [6.07, 6.45) is 1.44. The molecular weight excluding hydrogens is 272 g/mol. The van der Waals surface area contributed by atoms with Gasteiger partial charge >= 0.3 is 0 Å². The van der Waals surface area contributed by atoms with E-state index in [1.54, 1.807) is 0 Å². The summed E-state index contributed by atoms with van der Waals surface area (Å²) in [5.41, 5.74) is 7.78. The van der Waals surface area contributed by atoms with Gasteiger partial charge in [0.05, 0.1) is 5.69 Å². The molecule has 0 saturated carbocycles. The number of hydrogen-bond acceptors (Lipinski definition) is 4. The fraction of sp³-hybridized carbons (Fsp3) is 0.400. The number of benzene rings is 1. The Morgan fingerprint density at radius 3 is 2.95 bits per heavy atom. The topological polar surface area (TPSA) is 75.3 Å². The molecule has 0 fully saturated rings. The molecule has 1 amide bonds. The number of amides is 1. The van der Waals surface area contributed by atoms with E-state index < -0.39 is 0 Å². The van der Waals surface area contributed by atoms with E-state index in [4.69, 9.17) is 10.8 Å². The molecule has 2 rings (SSSR count). The van der Waals surface area contributed by atoms with E-state index in [1.165, 1.54) is 11.3 Å². The van der Waals surface area contributed by atoms with Crippen molar-refractivity contribution in [3.05, 3.63) is 28.6 Å². The van der Waals surface area contributed by atoms with E-state index in [2.05, 4.69) is 5.32 Å². The van der Waals surface area contributed by atoms with Crippen LogP contribution in [0, 0.1) is 6.92 Å². The molecule has 1 aromatic heterocycles. The molecule has 0 spiro atoms. The summed E-state index contributed by atoms with van der Waals surface area (Å²) >= 11 is 1.42. The van der Waals surface area contributed by atoms with Crippen molar-refractivity contribution in [3.63, 3.8) is 0 Å². The van der Waals surface area contributed by atoms with Gasteiger partial charge in [-0.15, -0.1) is 11.3 Å². The van der Waals surface area contributed by atoms with Gasteiger partial charge in [0.2, 0.25) is 0 Å². The molecule has 4 nitrogen and oxygen atoms in total. The van der Waals surface area contributed by atoms with E-state index in [0.717, 1.165) is 22.1 Å². The van der Waals surface area contributed by atoms with Crippen LogP contribution in [-0.4, -0.2) is 23.7 Å². The molecule has 1 unspecified atom stereocenters. The Labute approximate surface area is 122 Å². The average molecular weight is 292 g/mol. The van der Waals surface area contributed by atoms with Crippen molar-refractivity contribution in [2.24, 2.45) is 0 Å². The molecule has 0 aliphatic carbocycles. The Balaban J connectivity index is 2.20. The number of anilines is 1. The maximum Gasteiger partial charge on any atom is 0.263 e. The number of fused-ring (bicyclic) bond motifs is 1. The van der Waals surface area contributed by atoms with Gasteiger partial charge < -0.3 is 16.2 Å². The third-order valence-electron chi connectivity index (χ3n) is 3.26. The molecule has 0 bridgehead atoms. The number of nitrogen functional groups attached to an aromatic ring is 1. The number of aliphatic hydroxyl groups is 1. The van der Waals surface area contributed by atoms with Gasteiger partial charge in [0.15, 0.2) is 0 Å². The predicted octanol–water partition coefficient (Wildman–Crippen LogP) is 2.68. The highest BCUT2D eigenvalue weighted by Crippen LogP contribution is 2.34. The molecule has 5 heteroatoms. The summed E-state index contributed by atoms with van der Waals surface area (Å²) in [6, 6.07) is 6.05. The predicted molar refractivity (Wildman–Crippen MR) is 84.2 cm³/mol. The Morgan fingerprint density at radius 2 is 2.25 bits per heavy atom. The van der Waals surface area contributed by atoms with Gasteiger partial charge in [0, 0.05) is 22.7 Å². The molecule has 0 radical (unpaired) electrons. The third-order valence-corrected chi connectivity index (χ3v) is 4.45. The highest BCUT2D eigenvalue weighted by Gasteiger charge is 2.17. The van der Waals surface area contributed by atoms with E-state index in [0.29, 0.717) is 17.0 Å². The van der Waals surface area contributed by atoms with Crippen molar-refractivity contribution in [2.45, 2.75) is 32.7 Å². The van der Waals surface area contributed by atoms with Crippen molar-refractivity contribution in [1.29, 1.82) is 0 Å². The van der Waals surface area contributed by atoms with Crippen LogP contribution in [0.4, 0.5) is 5.69 Å². The second-order valence-electron chi connectivity index (χ2n) is 5.08. The minimum atomic E-state index is -0.133. The van der Waals surface area contributed by atoms with E-state index in [9.17, 15) is 4.79 Å². The fourth-order valence-electron chi connectivity index (χ4n) is 2.16. The first-order chi connectivity index (χ1) is 9.52. The van der Waals surface area contributed by atoms with Gasteiger partial charge in [-0.25, -0.2) is 0 Å². The number of rotatable bonds is 5. The van der Waals surface area contributed by atoms with Gasteiger partial charge in [0.25, 0.3) is 5.91 Å². The highest BCUT2D eigenvalue weighted by molar-refractivity contribution is 7.21. The molecule has 4 N–H and O–H groups in total. The van der Waals surface area contributed by atoms with Crippen molar-refractivity contribution in [1.82, 2.24) is 5.32 Å². The lowest BCUT2D eigenvalue weighted by Gasteiger charge is -2.12. The Kier molecular flexibility index (Phi) is 4.62. The summed E-state index contributed by atoms with van der Waals surface area (Å²) in [4.78, 5) is 12.8. The SMILES string of the molecule is Cc1ccc2sc(C(=O)NC(C)CCCO)c(N)c2c1. The van der Waals surface area contributed by atoms with E-state index in [-0.39, 0.29) is 18.6 Å². The smallest absolute Gasteiger partial charge is 0.263 e. The molecule has 0 aliphatic rings. The second kappa shape index (κ2) is 6.24. The Bertz CT molecular complexity index is 622. The minimum absolute atomic E-state index is 0.0287. The zero-order valence-electron chi connectivity index (χ0n) is 11.8. The molecule has 108 valence electrons. The van der Waals surface area contributed by atoms with Crippen LogP contribution in [0.15, 0.2) is 18.2 Å². The second-order valence-corrected chi connectivity index (χ2v) is 6.14. The van der Waals surface area contributed by atoms with Crippen molar-refractivity contribution in [3.8, 4) is 0 Å². The zero-order chi connectivity index (χ0) is 14.7. The lowest BCUT2D eigenvalue weighted by molar-refractivity contribution is 0.0941. The fourth-order valence-corrected chi connectivity index (χ4v) is 3.16. The van der Waals surface area contributed by atoms with Crippen LogP contribution >= 0.6 is 11.3 Å². The maximum atomic E-state index is 12.3. The Hall–Kier alpha value is -1.59. The van der Waals surface area contributed by atoms with Gasteiger partial charge in [-0.2, -0.15) is 0 Å². The van der Waals surface area contributed by atoms with Crippen LogP contribution in [0.5, 0.6) is 0 Å². The van der Waals surface area contributed by atoms with Gasteiger partial charge in [-0.1, -0.05) is 11.6 Å². The lowest BCUT2D eigenvalue weighted by atomic mass is 10.1. The molecular formula is C15H20N2O2S. The summed E-state index contributed by atoms with van der Waals surface area (Å²) in [5, 5.41) is 12.7. The molecule has 2 aromatic rings. The molecule has 1 heterocycles. The van der Waals surface area contributed by atoms with Crippen molar-refractivity contribution >= 4 is 33.0 Å². The van der Waals surface area contributed by atoms with E-state index >= 15 is 0 Å². The maximum absolute atomic E-state index is 12.3. The molecule has 1 aromatic carbocycles. The monoisotopic (exact) mass is 292 g/mol. The number of carbonyl (C=O) groups is 1. The van der Waals surface area contributed by atoms with Crippen LogP contribution in [-0.2, 0) is 0 Å². The molecule has 1 atom stereocenters. The number of thiophene rings is 1. The first-order valence-corrected chi connectivity index (χ1v) is 7.55. The quantitative estimate of drug-likeness (QED) is 0.793. The number of hydrogen-bond donors (Lipinski definition) is 3. The number of nitrogens with one attached hydrogen (secondary N) is 1. The largest absolute Gasteiger partial charge is 0.397 e. The van der Waals surface area contributed by atoms with Crippen LogP contribution in [0.2, 0.25) is 0 Å². The third kappa shape index (κ3) is 3.11. The number of aryl methyl sites for hydroxylation is 1. The summed E-state index contributed by atoms with van der Waals surface area (Å²) in [6.45, 7) is 4.08. The van der Waals surface area contributed by atoms with Gasteiger partial charge in [-0.05, 0) is 38.8 Å². The number of carbonyl (C=O) groups excluding carboxylic acids is 1. The number of aliphatic hydroxyl groups excluding tert-OH is 1. The summed E-state index contributed by atoms with van der Waals surface area (Å²) in [5.74, 6) is -0.133. The number of nitrogens with two attached hydrogens (primary N) is 1. The molecule has 0 saturated heterocycles. The average Bonchev–Trinajstić information content (AvgIpc) is 2.74. The van der Waals surface area contributed by atoms with Crippen LogP contribution in [0.25, 0.3) is 10.1 Å². The standard InChI is InChI=1S/C15H20N2O2S/c1-9-5-6-12-11(8-9)13(16)14(20-12)15(19)17-10(2)4-3-7-18/h5-6,8,10,18H,3-4,7,16H2,1-2H3,(H,17,19). The highest BCUT2D eigenvalue weighted by atomic mass is 32.1. The Morgan fingerprint density at radius 1 is 1.50 bits per heavy atom. The lowest BCUT2D eigenvalue weighted by Crippen LogP contribution is -2.32. The van der Waals surface area contributed by atoms with Crippen molar-refractivity contribution in [2.75, 3.05) is 12.3 Å². The first-order valence-electron chi connectivity index (χ1n) is 6.73. The minimum Gasteiger partial charge on any atom is -0.397 e. The molecule has 0 aliphatic heterocycles. The van der Waals surface area contributed by atoms with Crippen LogP contribution in [0.3, 0.4) is 0 Å². The zero-order valence-corrected chi connectivity index (χ0v) is 12.6. The van der Waals surface area contributed by atoms with Gasteiger partial charge in [-0.3, -0.25) is 4.79 Å². The van der Waals surface area contributed by atoms with Crippen molar-refractivity contribution < 1.29 is 9.90 Å². The first kappa shape index (κ1) is 14.8. The molecule has 20 heavy (non-hydrogen) atoms. The summed E-state index contributed by atoms with van der Waals surface area (Å²) in [7, 11) is 0. The van der Waals surface area contributed by atoms with Crippen LogP contribution in [0.1, 0.15) is 35.0 Å². The van der Waals surface area contributed by atoms with Gasteiger partial charge in [0.1, 0.15) is 4.88 Å². The summed E-state index contributed by atoms with van der Waals surface area (Å²) < 4.78 is 1.03.